The van der Waals surface area contributed by atoms with Crippen molar-refractivity contribution in [1.82, 2.24) is 122 Å². The van der Waals surface area contributed by atoms with E-state index < -0.39 is 335 Å². The van der Waals surface area contributed by atoms with Gasteiger partial charge in [-0.3, -0.25) is 115 Å². The third-order valence-electron chi connectivity index (χ3n) is 23.4. The molecule has 0 aromatic heterocycles. The molecule has 5 saturated heterocycles. The van der Waals surface area contributed by atoms with Gasteiger partial charge in [0.15, 0.2) is 0 Å². The Morgan fingerprint density at radius 3 is 1.72 bits per heavy atom. The van der Waals surface area contributed by atoms with Gasteiger partial charge in [-0.05, 0) is 68.8 Å². The number of amides is 24. The lowest BCUT2D eigenvalue weighted by Gasteiger charge is -2.33. The molecular weight excluding hydrogens is 1970 g/mol. The van der Waals surface area contributed by atoms with Gasteiger partial charge in [0.25, 0.3) is 11.8 Å². The summed E-state index contributed by atoms with van der Waals surface area (Å²) in [7, 11) is 0. The Hall–Kier alpha value is -12.6. The van der Waals surface area contributed by atoms with E-state index in [2.05, 4.69) is 124 Å². The average molecular weight is 2100 g/mol. The van der Waals surface area contributed by atoms with Crippen LogP contribution in [-0.4, -0.2) is 345 Å². The van der Waals surface area contributed by atoms with Gasteiger partial charge < -0.3 is 138 Å². The number of benzene rings is 1. The molecule has 55 heteroatoms. The van der Waals surface area contributed by atoms with Crippen LogP contribution in [-0.2, 0) is 121 Å². The number of nitrogens with zero attached hydrogens (tertiary/aromatic N) is 1. The van der Waals surface area contributed by atoms with Crippen molar-refractivity contribution in [1.29, 1.82) is 0 Å². The number of thioether (sulfide) groups is 5. The van der Waals surface area contributed by atoms with Crippen molar-refractivity contribution in [3.8, 4) is 0 Å². The SMILES string of the molecule is C=C1NC(=O)C(C(C)CC)NC(=O)C(NC(=O)/C(=C/C)NC(=O)C(N)C(C)CC)CSCC(C(=O)NC2C(=O)N3CCCC3C(=O)NCC(=O)NC(C(=O)NC(C(=O)NC3CSCC4NC(=O)C(CC(N)=O)NC(=O)C(CSCC5NC(=O)C(Cc6ccccc6)NC(=O)C(CSC=CNC5=O)NC4=O)NC(=O)CNC(=O)CNC(=O)CNC(=O)C(C)NC3=O)C(C)O)CSC2C)NC(=O)C(CC(C)C)NC1=O. The number of hydrogen-bond donors (Lipinski definition) is 25. The highest BCUT2D eigenvalue weighted by Crippen LogP contribution is 2.26. The molecular formula is C88H129N25O25S5. The van der Waals surface area contributed by atoms with Gasteiger partial charge in [0, 0.05) is 70.4 Å². The molecule has 21 atom stereocenters. The summed E-state index contributed by atoms with van der Waals surface area (Å²) in [5, 5.41) is 66.1. The maximum Gasteiger partial charge on any atom is 0.268 e. The Balaban J connectivity index is 1.25. The number of nitrogens with two attached hydrogens (primary N) is 2. The smallest absolute Gasteiger partial charge is 0.268 e. The largest absolute Gasteiger partial charge is 0.391 e. The van der Waals surface area contributed by atoms with Gasteiger partial charge in [-0.1, -0.05) is 104 Å². The van der Waals surface area contributed by atoms with Crippen molar-refractivity contribution in [2.24, 2.45) is 29.2 Å². The van der Waals surface area contributed by atoms with E-state index in [-0.39, 0.29) is 67.7 Å². The minimum atomic E-state index is -2.17. The van der Waals surface area contributed by atoms with Crippen LogP contribution in [0.15, 0.2) is 66.0 Å². The molecule has 4 bridgehead atoms. The predicted molar refractivity (Wildman–Crippen MR) is 526 cm³/mol. The monoisotopic (exact) mass is 2100 g/mol. The van der Waals surface area contributed by atoms with Gasteiger partial charge >= 0.3 is 0 Å². The molecule has 0 spiro atoms. The number of primary amides is 1. The summed E-state index contributed by atoms with van der Waals surface area (Å²) < 4.78 is 0. The van der Waals surface area contributed by atoms with Crippen LogP contribution in [0.3, 0.4) is 0 Å². The van der Waals surface area contributed by atoms with E-state index >= 15 is 24.0 Å². The molecule has 0 saturated carbocycles. The summed E-state index contributed by atoms with van der Waals surface area (Å²) in [5.41, 5.74) is 11.5. The molecule has 1 aromatic carbocycles. The second kappa shape index (κ2) is 57.6. The van der Waals surface area contributed by atoms with E-state index in [0.29, 0.717) is 23.7 Å². The van der Waals surface area contributed by atoms with Crippen LogP contribution in [0, 0.1) is 17.8 Å². The van der Waals surface area contributed by atoms with Gasteiger partial charge in [0.1, 0.15) is 102 Å². The number of carbonyl (C=O) groups is 24. The number of hydrogen-bond acceptors (Lipinski definition) is 31. The molecule has 786 valence electrons. The number of allylic oxidation sites excluding steroid dienone is 1. The zero-order chi connectivity index (χ0) is 106. The fraction of sp³-hybridized carbons (Fsp3) is 0.591. The third-order valence-corrected chi connectivity index (χ3v) is 29.0. The van der Waals surface area contributed by atoms with E-state index in [4.69, 9.17) is 11.5 Å². The summed E-state index contributed by atoms with van der Waals surface area (Å²) in [5.74, 6) is -30.8. The molecule has 21 unspecified atom stereocenters. The van der Waals surface area contributed by atoms with E-state index in [0.717, 1.165) is 65.8 Å². The standard InChI is InChI=1S/C88H129N25O25S5/c1-12-41(6)66(90)85(135)100-48(14-3)73(123)105-57-37-142-38-58(107-74(124)49(25-40(4)5)101-71(121)44(9)97-86(136)67(42(7)13-2)110-81(57)131)82(132)112-69-46(11)143-39-59(99-65(119)31-95-84(134)60-21-18-23-113(60)88(69)138)83(133)111-68(45(10)114)87(137)109-55-35-141-36-56-80(130)108-54-32-139-24-22-91-72(122)52(104-75(125)50(102-79(54)129)26-47-19-16-15-17-20-47)33-140-34-53(78(128)103-51(27-61(89)115)76(126)106-56)98-64(118)30-93-62(116)28-92-63(117)29-94-70(120)43(8)96-77(55)127/h14-17,19-20,22,24,40-43,45-46,49-60,66-69,114H,9,12-13,18,21,23,25-39,90H2,1-8,10-11H3,(H2,89,115)(H,91,122)(H,92,117)(H,93,116)(H,94,120)(H,95,134)(H,96,127)(H,97,136)(H,98,118)(H,99,119)(H,100,135)(H,101,121)(H,102,129)(H,103,128)(H,104,125)(H,105,123)(H,106,126)(H,107,124)(H,108,130)(H,109,137)(H,110,131)(H,111,133)(H,112,132)/b24-22?,48-14-. The Morgan fingerprint density at radius 2 is 1.09 bits per heavy atom. The zero-order valence-electron chi connectivity index (χ0n) is 80.6. The van der Waals surface area contributed by atoms with Crippen molar-refractivity contribution in [2.45, 2.75) is 228 Å². The van der Waals surface area contributed by atoms with E-state index in [9.17, 15) is 96.2 Å². The van der Waals surface area contributed by atoms with Crippen LogP contribution in [0.4, 0.5) is 0 Å². The molecule has 143 heavy (non-hydrogen) atoms. The van der Waals surface area contributed by atoms with Gasteiger partial charge in [-0.2, -0.15) is 47.0 Å². The summed E-state index contributed by atoms with van der Waals surface area (Å²) >= 11 is 3.82. The van der Waals surface area contributed by atoms with E-state index in [1.54, 1.807) is 71.9 Å². The fourth-order valence-corrected chi connectivity index (χ4v) is 19.7. The Labute approximate surface area is 845 Å². The van der Waals surface area contributed by atoms with E-state index in [1.165, 1.54) is 31.5 Å². The van der Waals surface area contributed by atoms with Crippen LogP contribution >= 0.6 is 58.8 Å². The van der Waals surface area contributed by atoms with Crippen LogP contribution in [0.5, 0.6) is 0 Å². The number of carbonyl (C=O) groups excluding carboxylic acids is 24. The minimum absolute atomic E-state index is 0.0349. The zero-order valence-corrected chi connectivity index (χ0v) is 84.6. The molecule has 5 fully saturated rings. The number of rotatable bonds is 21. The molecule has 7 rings (SSSR count). The number of aliphatic hydroxyl groups is 1. The van der Waals surface area contributed by atoms with Gasteiger partial charge in [-0.25, -0.2) is 0 Å². The fourth-order valence-electron chi connectivity index (χ4n) is 14.6. The topological polar surface area (TPSA) is 750 Å². The Morgan fingerprint density at radius 1 is 0.545 bits per heavy atom. The second-order valence-electron chi connectivity index (χ2n) is 35.1. The maximum absolute atomic E-state index is 15.5. The first kappa shape index (κ1) is 117. The molecule has 0 aliphatic carbocycles. The molecule has 6 aliphatic rings. The number of fused-ring (bicyclic) bond motifs is 13. The van der Waals surface area contributed by atoms with Crippen LogP contribution in [0.2, 0.25) is 0 Å². The predicted octanol–water partition coefficient (Wildman–Crippen LogP) is -9.94. The Bertz CT molecular complexity index is 4960. The van der Waals surface area contributed by atoms with Crippen molar-refractivity contribution < 1.29 is 120 Å². The quantitative estimate of drug-likeness (QED) is 0.0508. The lowest BCUT2D eigenvalue weighted by Crippen LogP contribution is -2.62. The second-order valence-corrected chi connectivity index (χ2v) is 40.6. The van der Waals surface area contributed by atoms with Crippen LogP contribution < -0.4 is 128 Å². The van der Waals surface area contributed by atoms with Crippen molar-refractivity contribution >= 4 is 201 Å². The molecule has 27 N–H and O–H groups in total. The van der Waals surface area contributed by atoms with Gasteiger partial charge in [0.2, 0.25) is 130 Å². The molecule has 6 aliphatic heterocycles. The summed E-state index contributed by atoms with van der Waals surface area (Å²) in [6.07, 6.45) is 0.186. The first-order valence-electron chi connectivity index (χ1n) is 46.3. The summed E-state index contributed by atoms with van der Waals surface area (Å²) in [6, 6.07) is -20.1. The van der Waals surface area contributed by atoms with Crippen LogP contribution in [0.1, 0.15) is 113 Å². The molecule has 0 radical (unpaired) electrons. The Kier molecular flexibility index (Phi) is 47.3. The molecule has 1 aromatic rings. The van der Waals surface area contributed by atoms with Crippen LogP contribution in [0.25, 0.3) is 0 Å². The number of aliphatic hydroxyl groups excluding tert-OH is 1. The lowest BCUT2D eigenvalue weighted by atomic mass is 9.97. The normalized spacial score (nSPS) is 27.5. The van der Waals surface area contributed by atoms with Crippen molar-refractivity contribution in [3.05, 3.63) is 71.6 Å². The van der Waals surface area contributed by atoms with Crippen molar-refractivity contribution in [3.63, 3.8) is 0 Å². The van der Waals surface area contributed by atoms with Gasteiger partial charge in [-0.15, -0.1) is 11.8 Å². The highest BCUT2D eigenvalue weighted by atomic mass is 32.2. The van der Waals surface area contributed by atoms with Gasteiger partial charge in [0.05, 0.1) is 50.4 Å². The highest BCUT2D eigenvalue weighted by molar-refractivity contribution is 8.02. The highest BCUT2D eigenvalue weighted by Gasteiger charge is 2.45. The lowest BCUT2D eigenvalue weighted by molar-refractivity contribution is -0.142. The third kappa shape index (κ3) is 36.9. The summed E-state index contributed by atoms with van der Waals surface area (Å²) in [6.45, 7) is 15.6. The molecule has 6 heterocycles. The first-order chi connectivity index (χ1) is 67.7. The minimum Gasteiger partial charge on any atom is -0.391 e. The average Bonchev–Trinajstić information content (AvgIpc) is 1.55. The summed E-state index contributed by atoms with van der Waals surface area (Å²) in [4.78, 5) is 345. The number of nitrogens with one attached hydrogen (secondary N) is 22. The maximum atomic E-state index is 15.5. The molecule has 50 nitrogen and oxygen atoms in total. The first-order valence-corrected chi connectivity index (χ1v) is 51.9. The molecule has 24 amide bonds. The van der Waals surface area contributed by atoms with E-state index in [1.807, 2.05) is 0 Å². The van der Waals surface area contributed by atoms with Crippen molar-refractivity contribution in [2.75, 3.05) is 78.7 Å².